The number of carbonyl (C=O) groups excluding carboxylic acids is 1. The van der Waals surface area contributed by atoms with Gasteiger partial charge in [-0.1, -0.05) is 24.3 Å². The Morgan fingerprint density at radius 1 is 0.950 bits per heavy atom. The van der Waals surface area contributed by atoms with Gasteiger partial charge in [-0.2, -0.15) is 4.31 Å². The number of nitrogens with one attached hydrogen (secondary N) is 1. The zero-order chi connectivity index (χ0) is 28.8. The Hall–Kier alpha value is -3.45. The molecule has 1 amide bonds. The van der Waals surface area contributed by atoms with Crippen LogP contribution in [0.1, 0.15) is 21.5 Å². The number of nitrogens with zero attached hydrogens (tertiary/aromatic N) is 2. The van der Waals surface area contributed by atoms with E-state index in [1.165, 1.54) is 20.7 Å². The third-order valence-electron chi connectivity index (χ3n) is 6.48. The highest BCUT2D eigenvalue weighted by Crippen LogP contribution is 2.23. The maximum absolute atomic E-state index is 12.7. The van der Waals surface area contributed by atoms with Crippen molar-refractivity contribution in [2.75, 3.05) is 50.0 Å². The molecule has 3 aromatic carbocycles. The molecule has 0 saturated carbocycles. The molecule has 0 aromatic heterocycles. The summed E-state index contributed by atoms with van der Waals surface area (Å²) in [6, 6.07) is 20.1. The number of sulfonamides is 2. The van der Waals surface area contributed by atoms with E-state index in [9.17, 15) is 21.6 Å². The Morgan fingerprint density at radius 2 is 1.60 bits per heavy atom. The molecule has 0 spiro atoms. The molecule has 1 saturated heterocycles. The molecular formula is C28H33N3O7S2. The molecule has 1 heterocycles. The lowest BCUT2D eigenvalue weighted by Crippen LogP contribution is -2.40. The minimum Gasteiger partial charge on any atom is -0.492 e. The van der Waals surface area contributed by atoms with Gasteiger partial charge in [-0.15, -0.1) is 0 Å². The second kappa shape index (κ2) is 12.8. The van der Waals surface area contributed by atoms with Crippen molar-refractivity contribution < 1.29 is 31.1 Å². The van der Waals surface area contributed by atoms with E-state index in [1.54, 1.807) is 36.4 Å². The van der Waals surface area contributed by atoms with Gasteiger partial charge in [0.2, 0.25) is 20.0 Å². The molecule has 3 aromatic rings. The Balaban J connectivity index is 1.29. The lowest BCUT2D eigenvalue weighted by molar-refractivity contribution is 0.0730. The maximum Gasteiger partial charge on any atom is 0.251 e. The average molecular weight is 588 g/mol. The van der Waals surface area contributed by atoms with Crippen LogP contribution in [0.15, 0.2) is 77.7 Å². The summed E-state index contributed by atoms with van der Waals surface area (Å²) in [5, 5.41) is 2.76. The van der Waals surface area contributed by atoms with Crippen molar-refractivity contribution in [1.82, 2.24) is 9.62 Å². The Bertz CT molecular complexity index is 1520. The van der Waals surface area contributed by atoms with Crippen LogP contribution in [0.5, 0.6) is 5.75 Å². The first-order valence-corrected chi connectivity index (χ1v) is 16.1. The molecule has 1 fully saturated rings. The first-order chi connectivity index (χ1) is 19.1. The van der Waals surface area contributed by atoms with Gasteiger partial charge in [0, 0.05) is 18.7 Å². The van der Waals surface area contributed by atoms with Gasteiger partial charge in [0.15, 0.2) is 0 Å². The van der Waals surface area contributed by atoms with Crippen molar-refractivity contribution in [3.05, 3.63) is 89.5 Å². The average Bonchev–Trinajstić information content (AvgIpc) is 2.95. The number of morpholine rings is 1. The van der Waals surface area contributed by atoms with E-state index in [4.69, 9.17) is 9.47 Å². The number of ether oxygens (including phenoxy) is 2. The molecule has 10 nitrogen and oxygen atoms in total. The zero-order valence-electron chi connectivity index (χ0n) is 22.4. The van der Waals surface area contributed by atoms with E-state index in [-0.39, 0.29) is 30.5 Å². The first kappa shape index (κ1) is 29.5. The molecular weight excluding hydrogens is 554 g/mol. The van der Waals surface area contributed by atoms with Gasteiger partial charge in [0.05, 0.1) is 43.1 Å². The van der Waals surface area contributed by atoms with E-state index in [2.05, 4.69) is 5.32 Å². The summed E-state index contributed by atoms with van der Waals surface area (Å²) in [7, 11) is -7.13. The van der Waals surface area contributed by atoms with Gasteiger partial charge in [0.1, 0.15) is 12.4 Å². The van der Waals surface area contributed by atoms with Crippen LogP contribution in [-0.2, 0) is 31.3 Å². The van der Waals surface area contributed by atoms with Crippen molar-refractivity contribution >= 4 is 31.6 Å². The van der Waals surface area contributed by atoms with Crippen LogP contribution >= 0.6 is 0 Å². The third kappa shape index (κ3) is 7.39. The molecule has 0 aliphatic carbocycles. The van der Waals surface area contributed by atoms with Crippen molar-refractivity contribution in [1.29, 1.82) is 0 Å². The number of carbonyl (C=O) groups is 1. The Morgan fingerprint density at radius 3 is 2.23 bits per heavy atom. The second-order valence-corrected chi connectivity index (χ2v) is 13.2. The quantitative estimate of drug-likeness (QED) is 0.343. The fourth-order valence-electron chi connectivity index (χ4n) is 4.20. The lowest BCUT2D eigenvalue weighted by Gasteiger charge is -2.26. The number of amides is 1. The standard InChI is InChI=1S/C28H33N3O7S2/c1-22-5-3-4-6-24(22)21-31(39(2,33)34)25-9-7-23(8-10-25)28(32)29-15-18-38-26-11-13-27(14-12-26)40(35,36)30-16-19-37-20-17-30/h3-14H,15-21H2,1-2H3,(H,29,32). The molecule has 214 valence electrons. The number of aryl methyl sites for hydroxylation is 1. The summed E-state index contributed by atoms with van der Waals surface area (Å²) in [4.78, 5) is 12.8. The first-order valence-electron chi connectivity index (χ1n) is 12.8. The van der Waals surface area contributed by atoms with Gasteiger partial charge in [-0.3, -0.25) is 9.10 Å². The molecule has 0 unspecified atom stereocenters. The fourth-order valence-corrected chi connectivity index (χ4v) is 6.49. The van der Waals surface area contributed by atoms with E-state index < -0.39 is 20.0 Å². The molecule has 40 heavy (non-hydrogen) atoms. The van der Waals surface area contributed by atoms with Gasteiger partial charge in [-0.25, -0.2) is 16.8 Å². The van der Waals surface area contributed by atoms with Crippen molar-refractivity contribution in [2.24, 2.45) is 0 Å². The molecule has 12 heteroatoms. The van der Waals surface area contributed by atoms with Crippen LogP contribution in [0.25, 0.3) is 0 Å². The predicted molar refractivity (Wildman–Crippen MR) is 152 cm³/mol. The van der Waals surface area contributed by atoms with Gasteiger partial charge in [-0.05, 0) is 66.6 Å². The molecule has 4 rings (SSSR count). The van der Waals surface area contributed by atoms with E-state index in [1.807, 2.05) is 31.2 Å². The highest BCUT2D eigenvalue weighted by molar-refractivity contribution is 7.92. The van der Waals surface area contributed by atoms with Crippen molar-refractivity contribution in [3.8, 4) is 5.75 Å². The smallest absolute Gasteiger partial charge is 0.251 e. The monoisotopic (exact) mass is 587 g/mol. The predicted octanol–water partition coefficient (Wildman–Crippen LogP) is 2.79. The molecule has 0 atom stereocenters. The SMILES string of the molecule is Cc1ccccc1CN(c1ccc(C(=O)NCCOc2ccc(S(=O)(=O)N3CCOCC3)cc2)cc1)S(C)(=O)=O. The summed E-state index contributed by atoms with van der Waals surface area (Å²) < 4.78 is 64.0. The number of anilines is 1. The van der Waals surface area contributed by atoms with E-state index in [0.717, 1.165) is 17.4 Å². The second-order valence-electron chi connectivity index (χ2n) is 9.34. The van der Waals surface area contributed by atoms with Crippen LogP contribution < -0.4 is 14.4 Å². The number of hydrogen-bond acceptors (Lipinski definition) is 7. The molecule has 1 aliphatic rings. The van der Waals surface area contributed by atoms with Crippen molar-refractivity contribution in [3.63, 3.8) is 0 Å². The van der Waals surface area contributed by atoms with E-state index >= 15 is 0 Å². The maximum atomic E-state index is 12.7. The van der Waals surface area contributed by atoms with Crippen LogP contribution in [0.4, 0.5) is 5.69 Å². The number of hydrogen-bond donors (Lipinski definition) is 1. The highest BCUT2D eigenvalue weighted by atomic mass is 32.2. The summed E-state index contributed by atoms with van der Waals surface area (Å²) in [6.07, 6.45) is 1.16. The molecule has 1 N–H and O–H groups in total. The minimum absolute atomic E-state index is 0.178. The summed E-state index contributed by atoms with van der Waals surface area (Å²) in [5.74, 6) is 0.154. The topological polar surface area (TPSA) is 122 Å². The largest absolute Gasteiger partial charge is 0.492 e. The minimum atomic E-state index is -3.58. The molecule has 0 bridgehead atoms. The van der Waals surface area contributed by atoms with Crippen molar-refractivity contribution in [2.45, 2.75) is 18.4 Å². The number of benzene rings is 3. The van der Waals surface area contributed by atoms with Crippen LogP contribution in [0.3, 0.4) is 0 Å². The normalized spacial score (nSPS) is 14.4. The summed E-state index contributed by atoms with van der Waals surface area (Å²) in [5.41, 5.74) is 2.72. The Kier molecular flexibility index (Phi) is 9.46. The van der Waals surface area contributed by atoms with Gasteiger partial charge in [0.25, 0.3) is 5.91 Å². The summed E-state index contributed by atoms with van der Waals surface area (Å²) in [6.45, 7) is 3.92. The van der Waals surface area contributed by atoms with Crippen LogP contribution in [-0.4, -0.2) is 72.8 Å². The zero-order valence-corrected chi connectivity index (χ0v) is 24.1. The Labute approximate surface area is 235 Å². The van der Waals surface area contributed by atoms with Crippen LogP contribution in [0.2, 0.25) is 0 Å². The van der Waals surface area contributed by atoms with Gasteiger partial charge < -0.3 is 14.8 Å². The third-order valence-corrected chi connectivity index (χ3v) is 9.53. The summed E-state index contributed by atoms with van der Waals surface area (Å²) >= 11 is 0. The molecule has 1 aliphatic heterocycles. The van der Waals surface area contributed by atoms with Crippen LogP contribution in [0, 0.1) is 6.92 Å². The fraction of sp³-hybridized carbons (Fsp3) is 0.321. The number of rotatable bonds is 11. The molecule has 0 radical (unpaired) electrons. The van der Waals surface area contributed by atoms with Gasteiger partial charge >= 0.3 is 0 Å². The van der Waals surface area contributed by atoms with E-state index in [0.29, 0.717) is 43.3 Å². The lowest BCUT2D eigenvalue weighted by atomic mass is 10.1. The highest BCUT2D eigenvalue weighted by Gasteiger charge is 2.26.